The van der Waals surface area contributed by atoms with E-state index < -0.39 is 28.5 Å². The molecule has 0 aliphatic heterocycles. The molecule has 10 heteroatoms. The van der Waals surface area contributed by atoms with E-state index in [0.717, 1.165) is 10.6 Å². The van der Waals surface area contributed by atoms with Crippen LogP contribution in [0.15, 0.2) is 42.5 Å². The van der Waals surface area contributed by atoms with E-state index in [1.807, 2.05) is 13.8 Å². The second-order valence-corrected chi connectivity index (χ2v) is 11.4. The number of hydrogen-bond acceptors (Lipinski definition) is 4. The molecular weight excluding hydrogens is 497 g/mol. The van der Waals surface area contributed by atoms with Crippen molar-refractivity contribution in [1.82, 2.24) is 10.2 Å². The lowest BCUT2D eigenvalue weighted by Crippen LogP contribution is -2.51. The predicted octanol–water partition coefficient (Wildman–Crippen LogP) is 4.26. The Labute approximate surface area is 212 Å². The zero-order valence-corrected chi connectivity index (χ0v) is 22.3. The maximum atomic E-state index is 13.5. The Balaban J connectivity index is 2.41. The molecule has 0 saturated carbocycles. The fourth-order valence-electron chi connectivity index (χ4n) is 3.31. The van der Waals surface area contributed by atoms with Gasteiger partial charge in [-0.15, -0.1) is 0 Å². The first-order valence-electron chi connectivity index (χ1n) is 10.8. The lowest BCUT2D eigenvalue weighted by molar-refractivity contribution is -0.139. The summed E-state index contributed by atoms with van der Waals surface area (Å²) < 4.78 is 26.3. The van der Waals surface area contributed by atoms with Crippen LogP contribution in [-0.4, -0.2) is 50.5 Å². The summed E-state index contributed by atoms with van der Waals surface area (Å²) in [6, 6.07) is 11.0. The number of amides is 2. The Morgan fingerprint density at radius 2 is 1.68 bits per heavy atom. The number of carbonyl (C=O) groups is 2. The van der Waals surface area contributed by atoms with E-state index in [1.165, 1.54) is 11.0 Å². The molecule has 0 spiro atoms. The summed E-state index contributed by atoms with van der Waals surface area (Å²) in [5.74, 6) is -0.620. The molecular formula is C24H31Cl2N3O4S. The van der Waals surface area contributed by atoms with E-state index in [1.54, 1.807) is 50.2 Å². The number of aryl methyl sites for hydroxylation is 1. The number of nitrogens with zero attached hydrogens (tertiary/aromatic N) is 2. The van der Waals surface area contributed by atoms with Gasteiger partial charge in [0.05, 0.1) is 11.9 Å². The van der Waals surface area contributed by atoms with Gasteiger partial charge in [-0.1, -0.05) is 55.2 Å². The van der Waals surface area contributed by atoms with Crippen LogP contribution in [0.2, 0.25) is 10.0 Å². The zero-order chi connectivity index (χ0) is 25.6. The molecule has 2 aromatic carbocycles. The quantitative estimate of drug-likeness (QED) is 0.500. The highest BCUT2D eigenvalue weighted by Crippen LogP contribution is 2.27. The summed E-state index contributed by atoms with van der Waals surface area (Å²) in [6.07, 6.45) is 1.03. The van der Waals surface area contributed by atoms with E-state index in [-0.39, 0.29) is 18.4 Å². The Kier molecular flexibility index (Phi) is 9.79. The minimum atomic E-state index is -3.83. The van der Waals surface area contributed by atoms with Crippen molar-refractivity contribution in [2.24, 2.45) is 5.92 Å². The maximum absolute atomic E-state index is 13.5. The van der Waals surface area contributed by atoms with Gasteiger partial charge in [0.15, 0.2) is 0 Å². The minimum Gasteiger partial charge on any atom is -0.354 e. The molecule has 0 bridgehead atoms. The third-order valence-electron chi connectivity index (χ3n) is 5.21. The molecule has 0 saturated heterocycles. The topological polar surface area (TPSA) is 86.8 Å². The predicted molar refractivity (Wildman–Crippen MR) is 138 cm³/mol. The van der Waals surface area contributed by atoms with Crippen LogP contribution in [0.3, 0.4) is 0 Å². The van der Waals surface area contributed by atoms with Crippen LogP contribution in [0.4, 0.5) is 5.69 Å². The lowest BCUT2D eigenvalue weighted by Gasteiger charge is -2.32. The molecule has 0 heterocycles. The third-order valence-corrected chi connectivity index (χ3v) is 6.81. The van der Waals surface area contributed by atoms with Crippen molar-refractivity contribution in [2.45, 2.75) is 40.3 Å². The zero-order valence-electron chi connectivity index (χ0n) is 20.0. The molecule has 0 aromatic heterocycles. The molecule has 0 aliphatic rings. The fourth-order valence-corrected chi connectivity index (χ4v) is 4.59. The number of halogens is 2. The molecule has 2 rings (SSSR count). The van der Waals surface area contributed by atoms with Crippen molar-refractivity contribution in [2.75, 3.05) is 23.7 Å². The van der Waals surface area contributed by atoms with Gasteiger partial charge in [0, 0.05) is 23.1 Å². The van der Waals surface area contributed by atoms with Crippen LogP contribution in [0.1, 0.15) is 31.9 Å². The SMILES string of the molecule is Cc1ccc(Cl)cc1N(CC(=O)N(Cc1cccc(Cl)c1)C(C)C(=O)NCC(C)C)S(C)(=O)=O. The van der Waals surface area contributed by atoms with E-state index in [4.69, 9.17) is 23.2 Å². The number of hydrogen-bond donors (Lipinski definition) is 1. The molecule has 1 unspecified atom stereocenters. The second kappa shape index (κ2) is 11.9. The molecule has 1 N–H and O–H groups in total. The number of sulfonamides is 1. The summed E-state index contributed by atoms with van der Waals surface area (Å²) in [5.41, 5.74) is 1.67. The first-order chi connectivity index (χ1) is 15.8. The van der Waals surface area contributed by atoms with Crippen molar-refractivity contribution in [1.29, 1.82) is 0 Å². The lowest BCUT2D eigenvalue weighted by atomic mass is 10.1. The third kappa shape index (κ3) is 7.89. The fraction of sp³-hybridized carbons (Fsp3) is 0.417. The van der Waals surface area contributed by atoms with Gasteiger partial charge in [0.25, 0.3) is 0 Å². The minimum absolute atomic E-state index is 0.0851. The summed E-state index contributed by atoms with van der Waals surface area (Å²) in [7, 11) is -3.83. The van der Waals surface area contributed by atoms with Crippen LogP contribution in [0.5, 0.6) is 0 Å². The highest BCUT2D eigenvalue weighted by Gasteiger charge is 2.30. The van der Waals surface area contributed by atoms with E-state index in [0.29, 0.717) is 33.4 Å². The molecule has 0 aliphatic carbocycles. The number of carbonyl (C=O) groups excluding carboxylic acids is 2. The molecule has 7 nitrogen and oxygen atoms in total. The molecule has 2 amide bonds. The van der Waals surface area contributed by atoms with Crippen molar-refractivity contribution >= 4 is 50.7 Å². The highest BCUT2D eigenvalue weighted by molar-refractivity contribution is 7.92. The molecule has 1 atom stereocenters. The smallest absolute Gasteiger partial charge is 0.244 e. The van der Waals surface area contributed by atoms with E-state index in [9.17, 15) is 18.0 Å². The van der Waals surface area contributed by atoms with Crippen molar-refractivity contribution in [3.05, 3.63) is 63.6 Å². The Morgan fingerprint density at radius 3 is 2.26 bits per heavy atom. The van der Waals surface area contributed by atoms with Crippen molar-refractivity contribution in [3.63, 3.8) is 0 Å². The van der Waals surface area contributed by atoms with Gasteiger partial charge < -0.3 is 10.2 Å². The maximum Gasteiger partial charge on any atom is 0.244 e. The van der Waals surface area contributed by atoms with Crippen molar-refractivity contribution in [3.8, 4) is 0 Å². The van der Waals surface area contributed by atoms with Gasteiger partial charge in [-0.2, -0.15) is 0 Å². The number of rotatable bonds is 10. The summed E-state index contributed by atoms with van der Waals surface area (Å²) in [5, 5.41) is 3.68. The average molecular weight is 529 g/mol. The van der Waals surface area contributed by atoms with E-state index >= 15 is 0 Å². The highest BCUT2D eigenvalue weighted by atomic mass is 35.5. The Hall–Kier alpha value is -2.29. The normalized spacial score (nSPS) is 12.4. The van der Waals surface area contributed by atoms with Gasteiger partial charge in [-0.05, 0) is 55.2 Å². The monoisotopic (exact) mass is 527 g/mol. The number of anilines is 1. The largest absolute Gasteiger partial charge is 0.354 e. The number of nitrogens with one attached hydrogen (secondary N) is 1. The Bertz CT molecular complexity index is 1140. The van der Waals surface area contributed by atoms with Crippen LogP contribution in [0.25, 0.3) is 0 Å². The van der Waals surface area contributed by atoms with Gasteiger partial charge in [-0.3, -0.25) is 13.9 Å². The van der Waals surface area contributed by atoms with Crippen LogP contribution in [0, 0.1) is 12.8 Å². The van der Waals surface area contributed by atoms with Crippen LogP contribution >= 0.6 is 23.2 Å². The van der Waals surface area contributed by atoms with E-state index in [2.05, 4.69) is 5.32 Å². The summed E-state index contributed by atoms with van der Waals surface area (Å²) in [6.45, 7) is 7.35. The Morgan fingerprint density at radius 1 is 1.03 bits per heavy atom. The van der Waals surface area contributed by atoms with Gasteiger partial charge >= 0.3 is 0 Å². The molecule has 0 radical (unpaired) electrons. The summed E-state index contributed by atoms with van der Waals surface area (Å²) in [4.78, 5) is 27.7. The molecule has 34 heavy (non-hydrogen) atoms. The first kappa shape index (κ1) is 28.0. The van der Waals surface area contributed by atoms with Gasteiger partial charge in [-0.25, -0.2) is 8.42 Å². The first-order valence-corrected chi connectivity index (χ1v) is 13.5. The van der Waals surface area contributed by atoms with Crippen LogP contribution < -0.4 is 9.62 Å². The molecule has 186 valence electrons. The van der Waals surface area contributed by atoms with Crippen LogP contribution in [-0.2, 0) is 26.2 Å². The summed E-state index contributed by atoms with van der Waals surface area (Å²) >= 11 is 12.2. The van der Waals surface area contributed by atoms with Gasteiger partial charge in [0.1, 0.15) is 12.6 Å². The molecule has 2 aromatic rings. The molecule has 0 fully saturated rings. The average Bonchev–Trinajstić information content (AvgIpc) is 2.74. The number of benzene rings is 2. The van der Waals surface area contributed by atoms with Gasteiger partial charge in [0.2, 0.25) is 21.8 Å². The van der Waals surface area contributed by atoms with Crippen molar-refractivity contribution < 1.29 is 18.0 Å². The second-order valence-electron chi connectivity index (χ2n) is 8.67. The standard InChI is InChI=1S/C24H31Cl2N3O4S/c1-16(2)13-27-24(31)18(4)28(14-19-7-6-8-20(25)11-19)23(30)15-29(34(5,32)33)22-12-21(26)10-9-17(22)3/h6-12,16,18H,13-15H2,1-5H3,(H,27,31).